The highest BCUT2D eigenvalue weighted by atomic mass is 16.2. The number of hydrogen-bond donors (Lipinski definition) is 1. The molecule has 1 aliphatic carbocycles. The van der Waals surface area contributed by atoms with Crippen LogP contribution < -0.4 is 5.32 Å². The number of nitrogens with zero attached hydrogens (tertiary/aromatic N) is 4. The number of hydrogen-bond acceptors (Lipinski definition) is 3. The van der Waals surface area contributed by atoms with E-state index in [-0.39, 0.29) is 24.0 Å². The summed E-state index contributed by atoms with van der Waals surface area (Å²) in [6.07, 6.45) is 5.72. The number of amides is 5. The number of carbonyl (C=O) groups is 3. The van der Waals surface area contributed by atoms with Crippen molar-refractivity contribution in [2.45, 2.75) is 70.6 Å². The lowest BCUT2D eigenvalue weighted by Gasteiger charge is -2.43. The predicted molar refractivity (Wildman–Crippen MR) is 121 cm³/mol. The average molecular weight is 442 g/mol. The van der Waals surface area contributed by atoms with Crippen LogP contribution in [-0.4, -0.2) is 70.1 Å². The van der Waals surface area contributed by atoms with E-state index >= 15 is 0 Å². The van der Waals surface area contributed by atoms with Crippen molar-refractivity contribution in [2.24, 2.45) is 5.92 Å². The zero-order valence-electron chi connectivity index (χ0n) is 19.4. The lowest BCUT2D eigenvalue weighted by Crippen LogP contribution is -2.61. The van der Waals surface area contributed by atoms with Crippen LogP contribution in [0.2, 0.25) is 0 Å². The van der Waals surface area contributed by atoms with Crippen molar-refractivity contribution in [3.05, 3.63) is 35.9 Å². The van der Waals surface area contributed by atoms with E-state index < -0.39 is 12.2 Å². The van der Waals surface area contributed by atoms with Gasteiger partial charge in [0.1, 0.15) is 12.2 Å². The van der Waals surface area contributed by atoms with Crippen LogP contribution in [0.1, 0.15) is 64.0 Å². The van der Waals surface area contributed by atoms with E-state index in [4.69, 9.17) is 0 Å². The molecule has 5 amide bonds. The molecule has 1 aromatic carbocycles. The second-order valence-electron chi connectivity index (χ2n) is 9.60. The van der Waals surface area contributed by atoms with Crippen LogP contribution in [0.5, 0.6) is 0 Å². The quantitative estimate of drug-likeness (QED) is 0.759. The average Bonchev–Trinajstić information content (AvgIpc) is 3.03. The second kappa shape index (κ2) is 9.38. The van der Waals surface area contributed by atoms with Crippen LogP contribution in [0, 0.1) is 5.92 Å². The van der Waals surface area contributed by atoms with Gasteiger partial charge in [-0.3, -0.25) is 9.69 Å². The highest BCUT2D eigenvalue weighted by Gasteiger charge is 2.54. The largest absolute Gasteiger partial charge is 0.341 e. The molecule has 2 heterocycles. The molecule has 1 saturated carbocycles. The topological polar surface area (TPSA) is 76.2 Å². The van der Waals surface area contributed by atoms with Gasteiger partial charge in [-0.1, -0.05) is 63.4 Å². The van der Waals surface area contributed by atoms with Gasteiger partial charge in [-0.15, -0.1) is 0 Å². The zero-order chi connectivity index (χ0) is 22.8. The molecule has 0 spiro atoms. The molecule has 1 unspecified atom stereocenters. The molecule has 2 aliphatic heterocycles. The van der Waals surface area contributed by atoms with Gasteiger partial charge in [-0.25, -0.2) is 19.6 Å². The minimum Gasteiger partial charge on any atom is -0.337 e. The number of hydrazine groups is 1. The van der Waals surface area contributed by atoms with Crippen LogP contribution >= 0.6 is 0 Å². The van der Waals surface area contributed by atoms with Gasteiger partial charge >= 0.3 is 12.1 Å². The Morgan fingerprint density at radius 3 is 2.44 bits per heavy atom. The molecular formula is C24H35N5O3. The number of carbonyl (C=O) groups excluding carboxylic acids is 3. The van der Waals surface area contributed by atoms with E-state index in [0.717, 1.165) is 37.7 Å². The molecule has 0 bridgehead atoms. The summed E-state index contributed by atoms with van der Waals surface area (Å²) in [6.45, 7) is 5.20. The van der Waals surface area contributed by atoms with E-state index in [9.17, 15) is 14.4 Å². The van der Waals surface area contributed by atoms with Crippen LogP contribution in [0.3, 0.4) is 0 Å². The summed E-state index contributed by atoms with van der Waals surface area (Å²) < 4.78 is 0. The van der Waals surface area contributed by atoms with Gasteiger partial charge < -0.3 is 10.2 Å². The van der Waals surface area contributed by atoms with Gasteiger partial charge in [0.05, 0.1) is 6.54 Å². The first-order valence-corrected chi connectivity index (χ1v) is 11.9. The molecule has 0 radical (unpaired) electrons. The third kappa shape index (κ3) is 4.27. The molecule has 8 nitrogen and oxygen atoms in total. The van der Waals surface area contributed by atoms with Crippen molar-refractivity contribution in [1.29, 1.82) is 0 Å². The first-order valence-electron chi connectivity index (χ1n) is 11.9. The molecule has 174 valence electrons. The number of nitrogens with one attached hydrogen (secondary N) is 1. The van der Waals surface area contributed by atoms with Crippen molar-refractivity contribution in [3.8, 4) is 0 Å². The van der Waals surface area contributed by atoms with Crippen LogP contribution in [0.25, 0.3) is 0 Å². The van der Waals surface area contributed by atoms with E-state index in [1.54, 1.807) is 11.9 Å². The molecule has 32 heavy (non-hydrogen) atoms. The Hall–Kier alpha value is -2.77. The van der Waals surface area contributed by atoms with E-state index in [0.29, 0.717) is 19.0 Å². The first kappa shape index (κ1) is 22.4. The molecule has 8 heteroatoms. The summed E-state index contributed by atoms with van der Waals surface area (Å²) in [4.78, 5) is 43.6. The van der Waals surface area contributed by atoms with Gasteiger partial charge in [-0.2, -0.15) is 0 Å². The molecule has 3 aliphatic rings. The van der Waals surface area contributed by atoms with Gasteiger partial charge in [0.15, 0.2) is 0 Å². The maximum Gasteiger partial charge on any atom is 0.341 e. The molecule has 3 fully saturated rings. The van der Waals surface area contributed by atoms with Gasteiger partial charge in [0.25, 0.3) is 0 Å². The van der Waals surface area contributed by atoms with Crippen LogP contribution in [0.4, 0.5) is 9.59 Å². The summed E-state index contributed by atoms with van der Waals surface area (Å²) in [5.41, 5.74) is 0.771. The van der Waals surface area contributed by atoms with E-state index in [2.05, 4.69) is 19.2 Å². The Balaban J connectivity index is 1.63. The van der Waals surface area contributed by atoms with Crippen molar-refractivity contribution in [1.82, 2.24) is 25.1 Å². The van der Waals surface area contributed by atoms with Gasteiger partial charge in [0, 0.05) is 19.6 Å². The fourth-order valence-electron chi connectivity index (χ4n) is 5.04. The van der Waals surface area contributed by atoms with Crippen molar-refractivity contribution in [2.75, 3.05) is 20.1 Å². The number of urea groups is 2. The van der Waals surface area contributed by atoms with Crippen molar-refractivity contribution < 1.29 is 14.4 Å². The minimum absolute atomic E-state index is 0.0793. The van der Waals surface area contributed by atoms with Gasteiger partial charge in [-0.05, 0) is 30.7 Å². The lowest BCUT2D eigenvalue weighted by atomic mass is 9.96. The molecular weight excluding hydrogens is 406 g/mol. The minimum atomic E-state index is -0.732. The fraction of sp³-hybridized carbons (Fsp3) is 0.625. The van der Waals surface area contributed by atoms with Crippen LogP contribution in [-0.2, 0) is 4.79 Å². The van der Waals surface area contributed by atoms with Crippen LogP contribution in [0.15, 0.2) is 30.3 Å². The Kier molecular flexibility index (Phi) is 6.58. The molecule has 1 aromatic rings. The smallest absolute Gasteiger partial charge is 0.337 e. The third-order valence-corrected chi connectivity index (χ3v) is 6.86. The maximum atomic E-state index is 13.5. The number of benzene rings is 1. The second-order valence-corrected chi connectivity index (χ2v) is 9.60. The van der Waals surface area contributed by atoms with E-state index in [1.165, 1.54) is 16.4 Å². The predicted octanol–water partition coefficient (Wildman–Crippen LogP) is 3.57. The molecule has 0 aromatic heterocycles. The van der Waals surface area contributed by atoms with Crippen molar-refractivity contribution >= 4 is 18.0 Å². The highest BCUT2D eigenvalue weighted by Crippen LogP contribution is 2.37. The molecule has 2 atom stereocenters. The zero-order valence-corrected chi connectivity index (χ0v) is 19.4. The first-order chi connectivity index (χ1) is 15.4. The van der Waals surface area contributed by atoms with Gasteiger partial charge in [0.2, 0.25) is 5.91 Å². The molecule has 1 N–H and O–H groups in total. The summed E-state index contributed by atoms with van der Waals surface area (Å²) in [5.74, 6) is 0.374. The summed E-state index contributed by atoms with van der Waals surface area (Å²) >= 11 is 0. The SMILES string of the molecule is CC(C)CCN1CC2N(C(=O)N(C)N2C(=O)NC2CCCCC2)[C@@H](c2ccccc2)C1=O. The molecule has 4 rings (SSSR count). The summed E-state index contributed by atoms with van der Waals surface area (Å²) in [6, 6.07) is 8.24. The maximum absolute atomic E-state index is 13.5. The number of piperazine rings is 1. The highest BCUT2D eigenvalue weighted by molar-refractivity contribution is 5.92. The number of fused-ring (bicyclic) bond motifs is 1. The Labute approximate surface area is 190 Å². The monoisotopic (exact) mass is 441 g/mol. The Morgan fingerprint density at radius 2 is 1.78 bits per heavy atom. The fourth-order valence-corrected chi connectivity index (χ4v) is 5.04. The summed E-state index contributed by atoms with van der Waals surface area (Å²) in [7, 11) is 1.62. The van der Waals surface area contributed by atoms with E-state index in [1.807, 2.05) is 35.2 Å². The standard InChI is InChI=1S/C24H35N5O3/c1-17(2)14-15-27-16-20-28(21(22(27)30)18-10-6-4-7-11-18)24(32)26(3)29(20)23(31)25-19-12-8-5-9-13-19/h4,6-7,10-11,17,19-21H,5,8-9,12-16H2,1-3H3,(H,25,31)/t20?,21-/m0/s1. The lowest BCUT2D eigenvalue weighted by molar-refractivity contribution is -0.145. The number of rotatable bonds is 5. The molecule has 2 saturated heterocycles. The Bertz CT molecular complexity index is 839. The third-order valence-electron chi connectivity index (χ3n) is 6.86. The Morgan fingerprint density at radius 1 is 1.09 bits per heavy atom. The van der Waals surface area contributed by atoms with Crippen molar-refractivity contribution in [3.63, 3.8) is 0 Å². The summed E-state index contributed by atoms with van der Waals surface area (Å²) in [5, 5.41) is 6.03. The normalized spacial score (nSPS) is 24.4.